The quantitative estimate of drug-likeness (QED) is 0.486. The maximum atomic E-state index is 4.18. The Morgan fingerprint density at radius 2 is 1.83 bits per heavy atom. The van der Waals surface area contributed by atoms with E-state index >= 15 is 0 Å². The summed E-state index contributed by atoms with van der Waals surface area (Å²) in [5.41, 5.74) is 1.16. The van der Waals surface area contributed by atoms with Crippen LogP contribution < -0.4 is 34.0 Å². The standard InChI is InChI=1S/C7H8N2.2BrH.Mg/c1-2-6(1)7-5-8-3-4-9-7;;;/h3-6H,1-2H2;2*1H;/q;;;+2/p-2. The van der Waals surface area contributed by atoms with Gasteiger partial charge in [-0.15, -0.1) is 0 Å². The van der Waals surface area contributed by atoms with Crippen LogP contribution in [0.5, 0.6) is 0 Å². The summed E-state index contributed by atoms with van der Waals surface area (Å²) in [5.74, 6) is 0.735. The molecule has 1 heterocycles. The maximum absolute atomic E-state index is 4.18. The molecule has 0 aliphatic heterocycles. The number of halogens is 2. The van der Waals surface area contributed by atoms with Crippen LogP contribution in [0.3, 0.4) is 0 Å². The van der Waals surface area contributed by atoms with Crippen LogP contribution in [0.25, 0.3) is 0 Å². The van der Waals surface area contributed by atoms with Crippen molar-refractivity contribution in [3.05, 3.63) is 24.3 Å². The van der Waals surface area contributed by atoms with Crippen molar-refractivity contribution >= 4 is 23.1 Å². The molecule has 0 aromatic carbocycles. The molecule has 1 aliphatic carbocycles. The summed E-state index contributed by atoms with van der Waals surface area (Å²) in [4.78, 5) is 8.16. The average Bonchev–Trinajstić information content (AvgIpc) is 2.71. The monoisotopic (exact) mass is 302 g/mol. The second-order valence-corrected chi connectivity index (χ2v) is 2.40. The van der Waals surface area contributed by atoms with Crippen molar-refractivity contribution in [2.45, 2.75) is 18.8 Å². The fraction of sp³-hybridized carbons (Fsp3) is 0.429. The van der Waals surface area contributed by atoms with E-state index in [0.29, 0.717) is 0 Å². The summed E-state index contributed by atoms with van der Waals surface area (Å²) in [6.45, 7) is 0. The Kier molecular flexibility index (Phi) is 9.21. The van der Waals surface area contributed by atoms with Crippen molar-refractivity contribution in [1.29, 1.82) is 0 Å². The molecule has 62 valence electrons. The van der Waals surface area contributed by atoms with Crippen LogP contribution in [0, 0.1) is 0 Å². The first kappa shape index (κ1) is 15.3. The summed E-state index contributed by atoms with van der Waals surface area (Å²) in [6, 6.07) is 0. The van der Waals surface area contributed by atoms with Gasteiger partial charge >= 0.3 is 23.1 Å². The van der Waals surface area contributed by atoms with Crippen LogP contribution in [0.15, 0.2) is 18.6 Å². The van der Waals surface area contributed by atoms with Gasteiger partial charge in [-0.25, -0.2) is 0 Å². The van der Waals surface area contributed by atoms with E-state index in [1.54, 1.807) is 12.4 Å². The van der Waals surface area contributed by atoms with Crippen LogP contribution >= 0.6 is 0 Å². The van der Waals surface area contributed by atoms with Gasteiger partial charge in [-0.05, 0) is 12.8 Å². The molecule has 0 bridgehead atoms. The summed E-state index contributed by atoms with van der Waals surface area (Å²) < 4.78 is 0. The van der Waals surface area contributed by atoms with E-state index in [0.717, 1.165) is 11.6 Å². The predicted molar refractivity (Wildman–Crippen MR) is 39.8 cm³/mol. The molecule has 1 aromatic rings. The summed E-state index contributed by atoms with van der Waals surface area (Å²) in [7, 11) is 0. The topological polar surface area (TPSA) is 25.8 Å². The first-order valence-corrected chi connectivity index (χ1v) is 3.23. The third kappa shape index (κ3) is 4.16. The van der Waals surface area contributed by atoms with Gasteiger partial charge in [0, 0.05) is 24.5 Å². The minimum Gasteiger partial charge on any atom is -1.00 e. The van der Waals surface area contributed by atoms with Crippen LogP contribution in [0.2, 0.25) is 0 Å². The van der Waals surface area contributed by atoms with E-state index in [4.69, 9.17) is 0 Å². The molecular weight excluding hydrogens is 296 g/mol. The predicted octanol–water partition coefficient (Wildman–Crippen LogP) is -5.02. The molecule has 0 atom stereocenters. The average molecular weight is 304 g/mol. The molecular formula is C7H8Br2MgN2. The number of hydrogen-bond acceptors (Lipinski definition) is 2. The second-order valence-electron chi connectivity index (χ2n) is 2.40. The third-order valence-electron chi connectivity index (χ3n) is 1.58. The molecule has 1 aliphatic rings. The minimum atomic E-state index is 0. The zero-order valence-corrected chi connectivity index (χ0v) is 11.2. The van der Waals surface area contributed by atoms with Crippen molar-refractivity contribution in [3.63, 3.8) is 0 Å². The Labute approximate surface area is 109 Å². The molecule has 0 N–H and O–H groups in total. The van der Waals surface area contributed by atoms with Gasteiger partial charge in [-0.3, -0.25) is 9.97 Å². The summed E-state index contributed by atoms with van der Waals surface area (Å²) in [6.07, 6.45) is 7.94. The van der Waals surface area contributed by atoms with E-state index in [1.165, 1.54) is 12.8 Å². The molecule has 0 radical (unpaired) electrons. The summed E-state index contributed by atoms with van der Waals surface area (Å²) >= 11 is 0. The van der Waals surface area contributed by atoms with Gasteiger partial charge in [-0.2, -0.15) is 0 Å². The number of nitrogens with zero attached hydrogens (tertiary/aromatic N) is 2. The van der Waals surface area contributed by atoms with Gasteiger partial charge in [0.15, 0.2) is 0 Å². The van der Waals surface area contributed by atoms with E-state index in [1.807, 2.05) is 6.20 Å². The number of hydrogen-bond donors (Lipinski definition) is 0. The van der Waals surface area contributed by atoms with Crippen molar-refractivity contribution in [2.24, 2.45) is 0 Å². The Bertz CT molecular complexity index is 204. The zero-order valence-electron chi connectivity index (χ0n) is 6.58. The third-order valence-corrected chi connectivity index (χ3v) is 1.58. The van der Waals surface area contributed by atoms with Crippen LogP contribution in [0.4, 0.5) is 0 Å². The van der Waals surface area contributed by atoms with Crippen LogP contribution in [-0.2, 0) is 0 Å². The smallest absolute Gasteiger partial charge is 1.00 e. The molecule has 12 heavy (non-hydrogen) atoms. The molecule has 0 amide bonds. The Morgan fingerprint density at radius 1 is 1.17 bits per heavy atom. The Morgan fingerprint density at radius 3 is 2.25 bits per heavy atom. The van der Waals surface area contributed by atoms with Gasteiger partial charge in [0.25, 0.3) is 0 Å². The largest absolute Gasteiger partial charge is 2.00 e. The van der Waals surface area contributed by atoms with Crippen molar-refractivity contribution < 1.29 is 34.0 Å². The van der Waals surface area contributed by atoms with Crippen LogP contribution in [0.1, 0.15) is 24.5 Å². The van der Waals surface area contributed by atoms with E-state index < -0.39 is 0 Å². The Balaban J connectivity index is 0. The summed E-state index contributed by atoms with van der Waals surface area (Å²) in [5, 5.41) is 0. The Hall–Kier alpha value is 0.806. The molecule has 1 fully saturated rings. The molecule has 5 heteroatoms. The molecule has 2 nitrogen and oxygen atoms in total. The van der Waals surface area contributed by atoms with Gasteiger partial charge in [0.05, 0.1) is 5.69 Å². The number of rotatable bonds is 1. The molecule has 0 spiro atoms. The normalized spacial score (nSPS) is 13.3. The molecule has 1 saturated carbocycles. The van der Waals surface area contributed by atoms with E-state index in [2.05, 4.69) is 9.97 Å². The fourth-order valence-corrected chi connectivity index (χ4v) is 0.901. The maximum Gasteiger partial charge on any atom is 2.00 e. The first-order valence-electron chi connectivity index (χ1n) is 3.23. The number of aromatic nitrogens is 2. The molecule has 0 saturated heterocycles. The van der Waals surface area contributed by atoms with Crippen molar-refractivity contribution in [1.82, 2.24) is 9.97 Å². The fourth-order valence-electron chi connectivity index (χ4n) is 0.901. The zero-order chi connectivity index (χ0) is 6.10. The van der Waals surface area contributed by atoms with Crippen molar-refractivity contribution in [3.8, 4) is 0 Å². The second kappa shape index (κ2) is 7.23. The molecule has 1 aromatic heterocycles. The van der Waals surface area contributed by atoms with Crippen LogP contribution in [-0.4, -0.2) is 33.0 Å². The van der Waals surface area contributed by atoms with Crippen molar-refractivity contribution in [2.75, 3.05) is 0 Å². The van der Waals surface area contributed by atoms with Gasteiger partial charge in [0.2, 0.25) is 0 Å². The minimum absolute atomic E-state index is 0. The SMILES string of the molecule is [Br-].[Br-].[Mg+2].c1cnc(C2CC2)cn1. The first-order chi connectivity index (χ1) is 4.47. The van der Waals surface area contributed by atoms with E-state index in [-0.39, 0.29) is 57.0 Å². The molecule has 2 rings (SSSR count). The molecule has 0 unspecified atom stereocenters. The van der Waals surface area contributed by atoms with E-state index in [9.17, 15) is 0 Å². The van der Waals surface area contributed by atoms with Gasteiger partial charge in [-0.1, -0.05) is 0 Å². The van der Waals surface area contributed by atoms with Gasteiger partial charge < -0.3 is 34.0 Å². The van der Waals surface area contributed by atoms with Gasteiger partial charge in [0.1, 0.15) is 0 Å².